The Morgan fingerprint density at radius 3 is 2.88 bits per heavy atom. The van der Waals surface area contributed by atoms with Gasteiger partial charge >= 0.3 is 0 Å². The van der Waals surface area contributed by atoms with E-state index >= 15 is 0 Å². The molecule has 0 radical (unpaired) electrons. The Hall–Kier alpha value is -1.20. The van der Waals surface area contributed by atoms with E-state index in [1.54, 1.807) is 35.2 Å². The zero-order valence-corrected chi connectivity index (χ0v) is 10.3. The van der Waals surface area contributed by atoms with E-state index in [1.165, 1.54) is 0 Å². The first-order valence-corrected chi connectivity index (χ1v) is 5.57. The summed E-state index contributed by atoms with van der Waals surface area (Å²) < 4.78 is 16.0. The van der Waals surface area contributed by atoms with Crippen LogP contribution in [0.4, 0.5) is 4.39 Å². The third-order valence-electron chi connectivity index (χ3n) is 2.45. The predicted molar refractivity (Wildman–Crippen MR) is 63.3 cm³/mol. The quantitative estimate of drug-likeness (QED) is 0.920. The fraction of sp³-hybridized carbons (Fsp3) is 0.182. The molecule has 0 amide bonds. The van der Waals surface area contributed by atoms with Crippen LogP contribution in [0.2, 0.25) is 0 Å². The Kier molecular flexibility index (Phi) is 3.07. The molecule has 0 saturated carbocycles. The van der Waals surface area contributed by atoms with Gasteiger partial charge in [0.05, 0.1) is 10.5 Å². The molecule has 5 heteroatoms. The lowest BCUT2D eigenvalue weighted by Crippen LogP contribution is -2.18. The predicted octanol–water partition coefficient (Wildman–Crippen LogP) is 2.37. The first-order chi connectivity index (χ1) is 7.61. The summed E-state index contributed by atoms with van der Waals surface area (Å²) in [5.74, 6) is 0.301. The van der Waals surface area contributed by atoms with Crippen molar-refractivity contribution in [3.05, 3.63) is 52.3 Å². The number of hydrogen-bond acceptors (Lipinski definition) is 2. The third-order valence-corrected chi connectivity index (χ3v) is 3.07. The normalized spacial score (nSPS) is 12.8. The van der Waals surface area contributed by atoms with E-state index < -0.39 is 6.04 Å². The van der Waals surface area contributed by atoms with Crippen LogP contribution in [0.1, 0.15) is 17.4 Å². The molecule has 2 aromatic rings. The van der Waals surface area contributed by atoms with Crippen molar-refractivity contribution in [2.45, 2.75) is 6.04 Å². The van der Waals surface area contributed by atoms with Gasteiger partial charge in [0, 0.05) is 25.0 Å². The van der Waals surface area contributed by atoms with Crippen molar-refractivity contribution in [1.29, 1.82) is 0 Å². The Morgan fingerprint density at radius 2 is 2.25 bits per heavy atom. The van der Waals surface area contributed by atoms with Crippen molar-refractivity contribution in [2.75, 3.05) is 0 Å². The van der Waals surface area contributed by atoms with Gasteiger partial charge < -0.3 is 10.3 Å². The summed E-state index contributed by atoms with van der Waals surface area (Å²) in [6, 6.07) is 4.51. The second-order valence-corrected chi connectivity index (χ2v) is 4.37. The highest BCUT2D eigenvalue weighted by atomic mass is 79.9. The van der Waals surface area contributed by atoms with Crippen molar-refractivity contribution < 1.29 is 4.39 Å². The highest BCUT2D eigenvalue weighted by molar-refractivity contribution is 9.10. The number of hydrogen-bond donors (Lipinski definition) is 1. The summed E-state index contributed by atoms with van der Waals surface area (Å²) in [4.78, 5) is 4.12. The van der Waals surface area contributed by atoms with Crippen LogP contribution >= 0.6 is 15.9 Å². The van der Waals surface area contributed by atoms with Crippen molar-refractivity contribution >= 4 is 15.9 Å². The summed E-state index contributed by atoms with van der Waals surface area (Å²) in [5, 5.41) is 0. The van der Waals surface area contributed by atoms with Gasteiger partial charge in [0.15, 0.2) is 0 Å². The summed E-state index contributed by atoms with van der Waals surface area (Å²) in [7, 11) is 1.83. The van der Waals surface area contributed by atoms with Gasteiger partial charge in [0.2, 0.25) is 0 Å². The van der Waals surface area contributed by atoms with Gasteiger partial charge in [-0.3, -0.25) is 0 Å². The maximum absolute atomic E-state index is 13.8. The Labute approximate surface area is 101 Å². The minimum absolute atomic E-state index is 0.335. The number of imidazole rings is 1. The molecule has 0 aliphatic rings. The van der Waals surface area contributed by atoms with Gasteiger partial charge in [-0.05, 0) is 22.0 Å². The number of halogens is 2. The molecule has 0 aliphatic heterocycles. The molecule has 1 atom stereocenters. The van der Waals surface area contributed by atoms with E-state index in [4.69, 9.17) is 5.73 Å². The van der Waals surface area contributed by atoms with E-state index in [2.05, 4.69) is 20.9 Å². The number of aromatic nitrogens is 2. The Morgan fingerprint density at radius 1 is 1.50 bits per heavy atom. The summed E-state index contributed by atoms with van der Waals surface area (Å²) in [6.07, 6.45) is 3.43. The second kappa shape index (κ2) is 4.35. The van der Waals surface area contributed by atoms with E-state index in [-0.39, 0.29) is 5.82 Å². The molecule has 3 nitrogen and oxygen atoms in total. The lowest BCUT2D eigenvalue weighted by Gasteiger charge is -2.13. The van der Waals surface area contributed by atoms with Crippen molar-refractivity contribution in [3.8, 4) is 0 Å². The molecule has 0 aliphatic carbocycles. The molecule has 2 N–H and O–H groups in total. The molecule has 0 saturated heterocycles. The van der Waals surface area contributed by atoms with Gasteiger partial charge in [-0.2, -0.15) is 0 Å². The van der Waals surface area contributed by atoms with E-state index in [9.17, 15) is 4.39 Å². The molecule has 2 rings (SSSR count). The molecular weight excluding hydrogens is 273 g/mol. The first-order valence-electron chi connectivity index (χ1n) is 4.78. The van der Waals surface area contributed by atoms with Crippen LogP contribution in [-0.2, 0) is 7.05 Å². The maximum Gasteiger partial charge on any atom is 0.142 e. The van der Waals surface area contributed by atoms with E-state index in [1.807, 2.05) is 7.05 Å². The number of nitrogens with two attached hydrogens (primary N) is 1. The number of aryl methyl sites for hydroxylation is 1. The summed E-state index contributed by atoms with van der Waals surface area (Å²) in [5.41, 5.74) is 6.42. The number of rotatable bonds is 2. The van der Waals surface area contributed by atoms with Gasteiger partial charge in [-0.15, -0.1) is 0 Å². The van der Waals surface area contributed by atoms with E-state index in [0.717, 1.165) is 0 Å². The standard InChI is InChI=1S/C11H11BrFN3/c1-16-6-5-15-11(16)10(14)7-3-2-4-8(12)9(7)13/h2-6,10H,14H2,1H3. The van der Waals surface area contributed by atoms with Crippen LogP contribution in [0.25, 0.3) is 0 Å². The van der Waals surface area contributed by atoms with E-state index in [0.29, 0.717) is 15.9 Å². The highest BCUT2D eigenvalue weighted by Gasteiger charge is 2.18. The van der Waals surface area contributed by atoms with Crippen molar-refractivity contribution in [2.24, 2.45) is 12.8 Å². The summed E-state index contributed by atoms with van der Waals surface area (Å²) >= 11 is 3.14. The van der Waals surface area contributed by atoms with Crippen molar-refractivity contribution in [1.82, 2.24) is 9.55 Å². The zero-order chi connectivity index (χ0) is 11.7. The topological polar surface area (TPSA) is 43.8 Å². The molecule has 0 spiro atoms. The van der Waals surface area contributed by atoms with Gasteiger partial charge in [0.25, 0.3) is 0 Å². The zero-order valence-electron chi connectivity index (χ0n) is 8.69. The fourth-order valence-corrected chi connectivity index (χ4v) is 1.96. The lowest BCUT2D eigenvalue weighted by atomic mass is 10.1. The SMILES string of the molecule is Cn1ccnc1C(N)c1cccc(Br)c1F. The molecule has 1 aromatic carbocycles. The van der Waals surface area contributed by atoms with Gasteiger partial charge in [-0.1, -0.05) is 12.1 Å². The smallest absolute Gasteiger partial charge is 0.142 e. The van der Waals surface area contributed by atoms with Gasteiger partial charge in [0.1, 0.15) is 11.6 Å². The second-order valence-electron chi connectivity index (χ2n) is 3.52. The molecule has 0 fully saturated rings. The van der Waals surface area contributed by atoms with Crippen molar-refractivity contribution in [3.63, 3.8) is 0 Å². The van der Waals surface area contributed by atoms with Crippen LogP contribution in [-0.4, -0.2) is 9.55 Å². The molecule has 16 heavy (non-hydrogen) atoms. The average molecular weight is 284 g/mol. The van der Waals surface area contributed by atoms with Crippen LogP contribution in [0.3, 0.4) is 0 Å². The maximum atomic E-state index is 13.8. The highest BCUT2D eigenvalue weighted by Crippen LogP contribution is 2.25. The van der Waals surface area contributed by atoms with Crippen LogP contribution < -0.4 is 5.73 Å². The fourth-order valence-electron chi connectivity index (χ4n) is 1.58. The number of benzene rings is 1. The monoisotopic (exact) mass is 283 g/mol. The lowest BCUT2D eigenvalue weighted by molar-refractivity contribution is 0.582. The van der Waals surface area contributed by atoms with Crippen LogP contribution in [0, 0.1) is 5.82 Å². The average Bonchev–Trinajstić information content (AvgIpc) is 2.68. The first kappa shape index (κ1) is 11.3. The van der Waals surface area contributed by atoms with Crippen LogP contribution in [0.15, 0.2) is 35.1 Å². The van der Waals surface area contributed by atoms with Crippen LogP contribution in [0.5, 0.6) is 0 Å². The molecule has 84 valence electrons. The summed E-state index contributed by atoms with van der Waals surface area (Å²) in [6.45, 7) is 0. The largest absolute Gasteiger partial charge is 0.336 e. The molecular formula is C11H11BrFN3. The molecule has 1 heterocycles. The Balaban J connectivity index is 2.46. The molecule has 1 aromatic heterocycles. The minimum Gasteiger partial charge on any atom is -0.336 e. The minimum atomic E-state index is -0.558. The molecule has 1 unspecified atom stereocenters. The van der Waals surface area contributed by atoms with Gasteiger partial charge in [-0.25, -0.2) is 9.37 Å². The third kappa shape index (κ3) is 1.88. The Bertz CT molecular complexity index is 510. The number of nitrogens with zero attached hydrogens (tertiary/aromatic N) is 2. The molecule has 0 bridgehead atoms.